The van der Waals surface area contributed by atoms with Crippen molar-refractivity contribution < 1.29 is 29.6 Å². The van der Waals surface area contributed by atoms with Crippen LogP contribution in [0.2, 0.25) is 0 Å². The summed E-state index contributed by atoms with van der Waals surface area (Å²) in [6.45, 7) is 4.30. The maximum absolute atomic E-state index is 11.4. The largest absolute Gasteiger partial charge is 0.507 e. The summed E-state index contributed by atoms with van der Waals surface area (Å²) in [7, 11) is 0. The van der Waals surface area contributed by atoms with Gasteiger partial charge in [0.25, 0.3) is 0 Å². The van der Waals surface area contributed by atoms with Crippen LogP contribution in [0.4, 0.5) is 0 Å². The minimum absolute atomic E-state index is 0.00495. The molecule has 2 rings (SSSR count). The average Bonchev–Trinajstić information content (AvgIpc) is 2.54. The summed E-state index contributed by atoms with van der Waals surface area (Å²) in [5.74, 6) is -0.0718. The van der Waals surface area contributed by atoms with Gasteiger partial charge in [0.15, 0.2) is 0 Å². The second kappa shape index (κ2) is 9.15. The Bertz CT molecular complexity index is 498. The van der Waals surface area contributed by atoms with E-state index in [9.17, 15) is 15.0 Å². The number of carbonyl (C=O) groups is 1. The number of ether oxygens (including phenoxy) is 2. The Morgan fingerprint density at radius 3 is 2.77 bits per heavy atom. The number of aliphatic hydroxyl groups excluding tert-OH is 1. The van der Waals surface area contributed by atoms with Gasteiger partial charge in [-0.15, -0.1) is 0 Å². The fraction of sp³-hybridized carbons (Fsp3) is 0.562. The predicted octanol–water partition coefficient (Wildman–Crippen LogP) is 1.92. The number of phenols is 2. The smallest absolute Gasteiger partial charge is 0.306 e. The van der Waals surface area contributed by atoms with Crippen LogP contribution in [-0.2, 0) is 22.4 Å². The van der Waals surface area contributed by atoms with Gasteiger partial charge in [-0.3, -0.25) is 4.79 Å². The Kier molecular flexibility index (Phi) is 7.52. The lowest BCUT2D eigenvalue weighted by atomic mass is 9.98. The summed E-state index contributed by atoms with van der Waals surface area (Å²) >= 11 is 0. The lowest BCUT2D eigenvalue weighted by Gasteiger charge is -2.20. The zero-order valence-corrected chi connectivity index (χ0v) is 13.1. The van der Waals surface area contributed by atoms with Gasteiger partial charge in [0.2, 0.25) is 0 Å². The van der Waals surface area contributed by atoms with Gasteiger partial charge in [-0.1, -0.05) is 13.8 Å². The third-order valence-corrected chi connectivity index (χ3v) is 3.21. The van der Waals surface area contributed by atoms with Crippen LogP contribution in [0.25, 0.3) is 0 Å². The third kappa shape index (κ3) is 4.53. The normalized spacial score (nSPS) is 12.5. The SMILES string of the molecule is CC.O=C(CCc1c(O)cc2c(c1O)CCCO2)OCCO. The maximum atomic E-state index is 11.4. The molecular formula is C16H24O6. The zero-order chi connectivity index (χ0) is 16.5. The Balaban J connectivity index is 0.00000116. The lowest BCUT2D eigenvalue weighted by molar-refractivity contribution is -0.144. The number of aromatic hydroxyl groups is 2. The topological polar surface area (TPSA) is 96.2 Å². The van der Waals surface area contributed by atoms with Crippen molar-refractivity contribution >= 4 is 5.97 Å². The average molecular weight is 312 g/mol. The van der Waals surface area contributed by atoms with E-state index in [2.05, 4.69) is 0 Å². The van der Waals surface area contributed by atoms with Crippen molar-refractivity contribution in [2.75, 3.05) is 19.8 Å². The second-order valence-electron chi connectivity index (χ2n) is 4.60. The van der Waals surface area contributed by atoms with Gasteiger partial charge in [0.1, 0.15) is 23.9 Å². The Hall–Kier alpha value is -1.95. The maximum Gasteiger partial charge on any atom is 0.306 e. The molecule has 0 saturated carbocycles. The minimum atomic E-state index is -0.480. The molecule has 0 aromatic heterocycles. The molecule has 6 nitrogen and oxygen atoms in total. The zero-order valence-electron chi connectivity index (χ0n) is 13.1. The van der Waals surface area contributed by atoms with Crippen LogP contribution in [0.15, 0.2) is 6.07 Å². The molecule has 0 unspecified atom stereocenters. The number of carbonyl (C=O) groups excluding carboxylic acids is 1. The highest BCUT2D eigenvalue weighted by molar-refractivity contribution is 5.70. The number of rotatable bonds is 5. The van der Waals surface area contributed by atoms with Gasteiger partial charge in [-0.2, -0.15) is 0 Å². The molecule has 3 N–H and O–H groups in total. The lowest BCUT2D eigenvalue weighted by Crippen LogP contribution is -2.11. The van der Waals surface area contributed by atoms with Gasteiger partial charge in [-0.05, 0) is 19.3 Å². The van der Waals surface area contributed by atoms with Crippen molar-refractivity contribution in [3.8, 4) is 17.2 Å². The molecule has 1 aliphatic heterocycles. The van der Waals surface area contributed by atoms with Crippen molar-refractivity contribution in [2.24, 2.45) is 0 Å². The van der Waals surface area contributed by atoms with Gasteiger partial charge < -0.3 is 24.8 Å². The molecule has 0 amide bonds. The number of esters is 1. The molecule has 0 fully saturated rings. The predicted molar refractivity (Wildman–Crippen MR) is 81.3 cm³/mol. The molecule has 124 valence electrons. The van der Waals surface area contributed by atoms with Crippen LogP contribution >= 0.6 is 0 Å². The van der Waals surface area contributed by atoms with Crippen molar-refractivity contribution in [1.29, 1.82) is 0 Å². The van der Waals surface area contributed by atoms with E-state index >= 15 is 0 Å². The summed E-state index contributed by atoms with van der Waals surface area (Å²) in [5.41, 5.74) is 1.00. The van der Waals surface area contributed by atoms with Crippen LogP contribution in [0.1, 0.15) is 37.8 Å². The standard InChI is InChI=1S/C14H18O6.C2H6/c15-5-7-20-13(17)4-3-9-11(16)8-12-10(14(9)18)2-1-6-19-12;1-2/h8,15-16,18H,1-7H2;1-2H3. The molecule has 1 heterocycles. The fourth-order valence-corrected chi connectivity index (χ4v) is 2.23. The third-order valence-electron chi connectivity index (χ3n) is 3.21. The molecule has 1 aromatic carbocycles. The van der Waals surface area contributed by atoms with Gasteiger partial charge >= 0.3 is 5.97 Å². The van der Waals surface area contributed by atoms with Crippen LogP contribution in [0.3, 0.4) is 0 Å². The number of hydrogen-bond donors (Lipinski definition) is 3. The van der Waals surface area contributed by atoms with E-state index in [-0.39, 0.29) is 37.6 Å². The molecular weight excluding hydrogens is 288 g/mol. The molecule has 22 heavy (non-hydrogen) atoms. The van der Waals surface area contributed by atoms with Crippen molar-refractivity contribution in [1.82, 2.24) is 0 Å². The number of fused-ring (bicyclic) bond motifs is 1. The molecule has 0 aliphatic carbocycles. The highest BCUT2D eigenvalue weighted by Crippen LogP contribution is 2.41. The van der Waals surface area contributed by atoms with Crippen LogP contribution in [0, 0.1) is 0 Å². The number of hydrogen-bond acceptors (Lipinski definition) is 6. The number of benzene rings is 1. The van der Waals surface area contributed by atoms with Gasteiger partial charge in [-0.25, -0.2) is 0 Å². The van der Waals surface area contributed by atoms with Crippen LogP contribution in [0.5, 0.6) is 17.2 Å². The highest BCUT2D eigenvalue weighted by atomic mass is 16.5. The molecule has 0 bridgehead atoms. The summed E-state index contributed by atoms with van der Waals surface area (Å²) in [5, 5.41) is 28.6. The van der Waals surface area contributed by atoms with Crippen LogP contribution < -0.4 is 4.74 Å². The molecule has 6 heteroatoms. The Morgan fingerprint density at radius 2 is 2.09 bits per heavy atom. The molecule has 1 aromatic rings. The first-order chi connectivity index (χ1) is 10.6. The quantitative estimate of drug-likeness (QED) is 0.719. The van der Waals surface area contributed by atoms with E-state index in [0.29, 0.717) is 29.9 Å². The molecule has 0 saturated heterocycles. The second-order valence-corrected chi connectivity index (χ2v) is 4.60. The summed E-state index contributed by atoms with van der Waals surface area (Å²) in [6.07, 6.45) is 1.70. The summed E-state index contributed by atoms with van der Waals surface area (Å²) in [4.78, 5) is 11.4. The van der Waals surface area contributed by atoms with Gasteiger partial charge in [0, 0.05) is 23.6 Å². The van der Waals surface area contributed by atoms with E-state index in [4.69, 9.17) is 14.6 Å². The van der Waals surface area contributed by atoms with E-state index < -0.39 is 5.97 Å². The molecule has 0 atom stereocenters. The molecule has 1 aliphatic rings. The molecule has 0 radical (unpaired) electrons. The van der Waals surface area contributed by atoms with Gasteiger partial charge in [0.05, 0.1) is 13.2 Å². The summed E-state index contributed by atoms with van der Waals surface area (Å²) in [6, 6.07) is 1.47. The number of aliphatic hydroxyl groups is 1. The first kappa shape index (κ1) is 18.1. The first-order valence-corrected chi connectivity index (χ1v) is 7.59. The number of phenolic OH excluding ortho intramolecular Hbond substituents is 2. The van der Waals surface area contributed by atoms with E-state index in [1.165, 1.54) is 6.07 Å². The molecule has 0 spiro atoms. The minimum Gasteiger partial charge on any atom is -0.507 e. The van der Waals surface area contributed by atoms with E-state index in [1.54, 1.807) is 0 Å². The Morgan fingerprint density at radius 1 is 1.36 bits per heavy atom. The van der Waals surface area contributed by atoms with Crippen LogP contribution in [-0.4, -0.2) is 41.1 Å². The monoisotopic (exact) mass is 312 g/mol. The van der Waals surface area contributed by atoms with E-state index in [0.717, 1.165) is 6.42 Å². The summed E-state index contributed by atoms with van der Waals surface area (Å²) < 4.78 is 10.1. The van der Waals surface area contributed by atoms with Crippen molar-refractivity contribution in [2.45, 2.75) is 39.5 Å². The van der Waals surface area contributed by atoms with Crippen molar-refractivity contribution in [3.63, 3.8) is 0 Å². The van der Waals surface area contributed by atoms with Crippen molar-refractivity contribution in [3.05, 3.63) is 17.2 Å². The first-order valence-electron chi connectivity index (χ1n) is 7.59. The highest BCUT2D eigenvalue weighted by Gasteiger charge is 2.21. The fourth-order valence-electron chi connectivity index (χ4n) is 2.23. The Labute approximate surface area is 130 Å². The van der Waals surface area contributed by atoms with E-state index in [1.807, 2.05) is 13.8 Å².